The molecule has 0 aromatic heterocycles. The SMILES string of the molecule is CCOCc1ccccc1NC(=O)C(Br)CC. The second-order valence-electron chi connectivity index (χ2n) is 3.66. The lowest BCUT2D eigenvalue weighted by Crippen LogP contribution is -2.22. The van der Waals surface area contributed by atoms with Crippen molar-refractivity contribution in [3.05, 3.63) is 29.8 Å². The Hall–Kier alpha value is -0.870. The van der Waals surface area contributed by atoms with Gasteiger partial charge in [0, 0.05) is 17.9 Å². The number of carbonyl (C=O) groups excluding carboxylic acids is 1. The molecular weight excluding hydrogens is 282 g/mol. The number of rotatable bonds is 6. The van der Waals surface area contributed by atoms with Gasteiger partial charge in [-0.1, -0.05) is 41.1 Å². The van der Waals surface area contributed by atoms with Crippen molar-refractivity contribution in [1.29, 1.82) is 0 Å². The van der Waals surface area contributed by atoms with Gasteiger partial charge in [-0.3, -0.25) is 4.79 Å². The van der Waals surface area contributed by atoms with E-state index in [0.717, 1.165) is 17.7 Å². The Morgan fingerprint density at radius 3 is 2.76 bits per heavy atom. The zero-order chi connectivity index (χ0) is 12.7. The zero-order valence-electron chi connectivity index (χ0n) is 10.2. The van der Waals surface area contributed by atoms with E-state index >= 15 is 0 Å². The summed E-state index contributed by atoms with van der Waals surface area (Å²) in [6.45, 7) is 5.10. The summed E-state index contributed by atoms with van der Waals surface area (Å²) in [6, 6.07) is 7.69. The fourth-order valence-electron chi connectivity index (χ4n) is 1.38. The van der Waals surface area contributed by atoms with Crippen molar-refractivity contribution < 1.29 is 9.53 Å². The van der Waals surface area contributed by atoms with Crippen LogP contribution in [0.1, 0.15) is 25.8 Å². The lowest BCUT2D eigenvalue weighted by Gasteiger charge is -2.12. The Balaban J connectivity index is 2.72. The van der Waals surface area contributed by atoms with Gasteiger partial charge in [-0.25, -0.2) is 0 Å². The summed E-state index contributed by atoms with van der Waals surface area (Å²) in [5, 5.41) is 2.90. The first-order chi connectivity index (χ1) is 8.19. The molecule has 3 nitrogen and oxygen atoms in total. The van der Waals surface area contributed by atoms with Gasteiger partial charge < -0.3 is 10.1 Å². The molecule has 1 amide bonds. The quantitative estimate of drug-likeness (QED) is 0.818. The van der Waals surface area contributed by atoms with Crippen LogP contribution in [0.2, 0.25) is 0 Å². The number of alkyl halides is 1. The lowest BCUT2D eigenvalue weighted by molar-refractivity contribution is -0.115. The molecule has 0 saturated carbocycles. The minimum absolute atomic E-state index is 0.0172. The number of benzene rings is 1. The van der Waals surface area contributed by atoms with Crippen LogP contribution in [0.5, 0.6) is 0 Å². The minimum atomic E-state index is -0.150. The zero-order valence-corrected chi connectivity index (χ0v) is 11.8. The first kappa shape index (κ1) is 14.2. The van der Waals surface area contributed by atoms with Crippen molar-refractivity contribution in [3.63, 3.8) is 0 Å². The predicted octanol–water partition coefficient (Wildman–Crippen LogP) is 3.34. The number of hydrogen-bond acceptors (Lipinski definition) is 2. The molecule has 1 unspecified atom stereocenters. The van der Waals surface area contributed by atoms with Crippen LogP contribution in [0, 0.1) is 0 Å². The molecule has 17 heavy (non-hydrogen) atoms. The van der Waals surface area contributed by atoms with Gasteiger partial charge in [-0.2, -0.15) is 0 Å². The summed E-state index contributed by atoms with van der Waals surface area (Å²) in [6.07, 6.45) is 0.763. The van der Waals surface area contributed by atoms with E-state index in [-0.39, 0.29) is 10.7 Å². The number of amides is 1. The Kier molecular flexibility index (Phi) is 6.22. The maximum absolute atomic E-state index is 11.8. The molecule has 1 atom stereocenters. The summed E-state index contributed by atoms with van der Waals surface area (Å²) in [4.78, 5) is 11.6. The Morgan fingerprint density at radius 2 is 2.12 bits per heavy atom. The van der Waals surface area contributed by atoms with Crippen LogP contribution in [0.25, 0.3) is 0 Å². The number of anilines is 1. The van der Waals surface area contributed by atoms with Crippen LogP contribution in [0.4, 0.5) is 5.69 Å². The van der Waals surface area contributed by atoms with Gasteiger partial charge in [0.2, 0.25) is 5.91 Å². The summed E-state index contributed by atoms with van der Waals surface area (Å²) in [5.41, 5.74) is 1.82. The fourth-order valence-corrected chi connectivity index (χ4v) is 1.49. The van der Waals surface area contributed by atoms with E-state index in [0.29, 0.717) is 13.2 Å². The molecule has 0 spiro atoms. The van der Waals surface area contributed by atoms with Crippen LogP contribution < -0.4 is 5.32 Å². The summed E-state index contributed by atoms with van der Waals surface area (Å²) >= 11 is 3.33. The fraction of sp³-hybridized carbons (Fsp3) is 0.462. The lowest BCUT2D eigenvalue weighted by atomic mass is 10.2. The van der Waals surface area contributed by atoms with E-state index in [9.17, 15) is 4.79 Å². The Labute approximate surface area is 111 Å². The Morgan fingerprint density at radius 1 is 1.41 bits per heavy atom. The molecular formula is C13H18BrNO2. The van der Waals surface area contributed by atoms with Crippen molar-refractivity contribution in [2.24, 2.45) is 0 Å². The number of para-hydroxylation sites is 1. The summed E-state index contributed by atoms with van der Waals surface area (Å²) in [7, 11) is 0. The number of halogens is 1. The smallest absolute Gasteiger partial charge is 0.238 e. The summed E-state index contributed by atoms with van der Waals surface area (Å²) < 4.78 is 5.37. The highest BCUT2D eigenvalue weighted by molar-refractivity contribution is 9.10. The van der Waals surface area contributed by atoms with Gasteiger partial charge in [0.25, 0.3) is 0 Å². The molecule has 1 aromatic rings. The van der Waals surface area contributed by atoms with Crippen LogP contribution in [0.15, 0.2) is 24.3 Å². The van der Waals surface area contributed by atoms with Gasteiger partial charge in [-0.05, 0) is 19.4 Å². The van der Waals surface area contributed by atoms with Crippen molar-refractivity contribution in [3.8, 4) is 0 Å². The van der Waals surface area contributed by atoms with Gasteiger partial charge in [0.1, 0.15) is 0 Å². The standard InChI is InChI=1S/C13H18BrNO2/c1-3-11(14)13(16)15-12-8-6-5-7-10(12)9-17-4-2/h5-8,11H,3-4,9H2,1-2H3,(H,15,16). The topological polar surface area (TPSA) is 38.3 Å². The number of ether oxygens (including phenoxy) is 1. The molecule has 1 N–H and O–H groups in total. The van der Waals surface area contributed by atoms with Gasteiger partial charge in [0.15, 0.2) is 0 Å². The van der Waals surface area contributed by atoms with Crippen molar-refractivity contribution in [2.45, 2.75) is 31.7 Å². The van der Waals surface area contributed by atoms with E-state index in [1.165, 1.54) is 0 Å². The van der Waals surface area contributed by atoms with Crippen LogP contribution in [-0.2, 0) is 16.1 Å². The average Bonchev–Trinajstić information content (AvgIpc) is 2.36. The maximum Gasteiger partial charge on any atom is 0.238 e. The molecule has 94 valence electrons. The first-order valence-electron chi connectivity index (χ1n) is 5.79. The third-order valence-electron chi connectivity index (χ3n) is 2.38. The second kappa shape index (κ2) is 7.45. The summed E-state index contributed by atoms with van der Waals surface area (Å²) in [5.74, 6) is -0.0172. The third-order valence-corrected chi connectivity index (χ3v) is 3.44. The van der Waals surface area contributed by atoms with Gasteiger partial charge in [-0.15, -0.1) is 0 Å². The van der Waals surface area contributed by atoms with Gasteiger partial charge in [0.05, 0.1) is 11.4 Å². The molecule has 0 aliphatic carbocycles. The molecule has 0 aliphatic heterocycles. The van der Waals surface area contributed by atoms with E-state index in [1.54, 1.807) is 0 Å². The highest BCUT2D eigenvalue weighted by atomic mass is 79.9. The van der Waals surface area contributed by atoms with Gasteiger partial charge >= 0.3 is 0 Å². The number of nitrogens with one attached hydrogen (secondary N) is 1. The van der Waals surface area contributed by atoms with E-state index in [4.69, 9.17) is 4.74 Å². The largest absolute Gasteiger partial charge is 0.377 e. The van der Waals surface area contributed by atoms with E-state index < -0.39 is 0 Å². The molecule has 1 aromatic carbocycles. The van der Waals surface area contributed by atoms with Crippen LogP contribution >= 0.6 is 15.9 Å². The maximum atomic E-state index is 11.8. The Bertz CT molecular complexity index is 368. The monoisotopic (exact) mass is 299 g/mol. The minimum Gasteiger partial charge on any atom is -0.377 e. The number of carbonyl (C=O) groups is 1. The average molecular weight is 300 g/mol. The molecule has 0 aliphatic rings. The molecule has 0 heterocycles. The number of hydrogen-bond donors (Lipinski definition) is 1. The molecule has 0 saturated heterocycles. The molecule has 0 fully saturated rings. The highest BCUT2D eigenvalue weighted by Crippen LogP contribution is 2.17. The van der Waals surface area contributed by atoms with Crippen LogP contribution in [-0.4, -0.2) is 17.3 Å². The van der Waals surface area contributed by atoms with E-state index in [2.05, 4.69) is 21.2 Å². The highest BCUT2D eigenvalue weighted by Gasteiger charge is 2.13. The van der Waals surface area contributed by atoms with Crippen molar-refractivity contribution in [1.82, 2.24) is 0 Å². The normalized spacial score (nSPS) is 12.2. The molecule has 0 radical (unpaired) electrons. The molecule has 1 rings (SSSR count). The van der Waals surface area contributed by atoms with Crippen LogP contribution in [0.3, 0.4) is 0 Å². The molecule has 0 bridgehead atoms. The third kappa shape index (κ3) is 4.48. The van der Waals surface area contributed by atoms with E-state index in [1.807, 2.05) is 38.1 Å². The van der Waals surface area contributed by atoms with Crippen molar-refractivity contribution in [2.75, 3.05) is 11.9 Å². The first-order valence-corrected chi connectivity index (χ1v) is 6.71. The predicted molar refractivity (Wildman–Crippen MR) is 73.4 cm³/mol. The molecule has 4 heteroatoms. The second-order valence-corrected chi connectivity index (χ2v) is 4.76. The van der Waals surface area contributed by atoms with Crippen molar-refractivity contribution >= 4 is 27.5 Å².